The number of carbonyl (C=O) groups excluding carboxylic acids is 1. The van der Waals surface area contributed by atoms with Crippen molar-refractivity contribution in [2.24, 2.45) is 0 Å². The molecule has 11 heteroatoms. The molecule has 0 unspecified atom stereocenters. The summed E-state index contributed by atoms with van der Waals surface area (Å²) in [6, 6.07) is 11.4. The highest BCUT2D eigenvalue weighted by atomic mass is 32.2. The molecule has 3 aromatic rings. The van der Waals surface area contributed by atoms with E-state index < -0.39 is 15.9 Å². The Balaban J connectivity index is 1.72. The van der Waals surface area contributed by atoms with E-state index in [1.165, 1.54) is 42.8 Å². The van der Waals surface area contributed by atoms with Gasteiger partial charge in [0.1, 0.15) is 0 Å². The first kappa shape index (κ1) is 25.5. The Morgan fingerprint density at radius 3 is 2.24 bits per heavy atom. The number of amides is 1. The Hall–Kier alpha value is -3.12. The van der Waals surface area contributed by atoms with Gasteiger partial charge >= 0.3 is 6.01 Å². The van der Waals surface area contributed by atoms with Crippen LogP contribution in [0.1, 0.15) is 21.5 Å². The second-order valence-electron chi connectivity index (χ2n) is 7.60. The number of carbonyl (C=O) groups is 1. The number of sulfonamides is 1. The summed E-state index contributed by atoms with van der Waals surface area (Å²) in [5, 5.41) is 10.4. The fourth-order valence-corrected chi connectivity index (χ4v) is 4.68. The third-order valence-corrected chi connectivity index (χ3v) is 7.01. The van der Waals surface area contributed by atoms with E-state index in [1.54, 1.807) is 0 Å². The van der Waals surface area contributed by atoms with Crippen LogP contribution in [-0.2, 0) is 19.5 Å². The topological polar surface area (TPSA) is 124 Å². The molecule has 0 spiro atoms. The fourth-order valence-electron chi connectivity index (χ4n) is 3.27. The average Bonchev–Trinajstić information content (AvgIpc) is 3.27. The van der Waals surface area contributed by atoms with Crippen LogP contribution in [0.15, 0.2) is 51.8 Å². The summed E-state index contributed by atoms with van der Waals surface area (Å²) >= 11 is 0. The van der Waals surface area contributed by atoms with E-state index in [0.717, 1.165) is 16.7 Å². The molecule has 182 valence electrons. The normalized spacial score (nSPS) is 11.7. The Morgan fingerprint density at radius 1 is 1.00 bits per heavy atom. The zero-order valence-corrected chi connectivity index (χ0v) is 20.4. The molecule has 1 aromatic heterocycles. The molecule has 0 aliphatic heterocycles. The van der Waals surface area contributed by atoms with Gasteiger partial charge in [-0.25, -0.2) is 8.42 Å². The van der Waals surface area contributed by atoms with Gasteiger partial charge in [0.2, 0.25) is 15.9 Å². The molecule has 10 nitrogen and oxygen atoms in total. The minimum Gasteiger partial charge on any atom is -0.403 e. The van der Waals surface area contributed by atoms with Crippen molar-refractivity contribution in [2.45, 2.75) is 18.7 Å². The van der Waals surface area contributed by atoms with Crippen molar-refractivity contribution in [2.75, 3.05) is 45.8 Å². The molecule has 0 bridgehead atoms. The maximum absolute atomic E-state index is 13.0. The molecule has 0 saturated carbocycles. The molecule has 1 N–H and O–H groups in total. The minimum absolute atomic E-state index is 0.0537. The van der Waals surface area contributed by atoms with Crippen LogP contribution in [0.2, 0.25) is 0 Å². The highest BCUT2D eigenvalue weighted by molar-refractivity contribution is 7.89. The van der Waals surface area contributed by atoms with Crippen LogP contribution in [0.3, 0.4) is 0 Å². The van der Waals surface area contributed by atoms with Crippen molar-refractivity contribution < 1.29 is 27.1 Å². The zero-order valence-electron chi connectivity index (χ0n) is 19.6. The number of methoxy groups -OCH3 is 2. The van der Waals surface area contributed by atoms with Crippen molar-refractivity contribution in [3.05, 3.63) is 59.2 Å². The SMILES string of the molecule is COCCN(CCOC)S(=O)(=O)c1ccc(C(=O)Nc2nnc(-c3ccc(C)cc3C)o2)cc1. The number of nitrogens with one attached hydrogen (secondary N) is 1. The molecule has 0 radical (unpaired) electrons. The maximum Gasteiger partial charge on any atom is 0.322 e. The number of benzene rings is 2. The van der Waals surface area contributed by atoms with E-state index in [4.69, 9.17) is 13.9 Å². The Morgan fingerprint density at radius 2 is 1.65 bits per heavy atom. The van der Waals surface area contributed by atoms with Crippen LogP contribution in [0, 0.1) is 13.8 Å². The quantitative estimate of drug-likeness (QED) is 0.437. The zero-order chi connectivity index (χ0) is 24.7. The van der Waals surface area contributed by atoms with E-state index in [2.05, 4.69) is 15.5 Å². The summed E-state index contributed by atoms with van der Waals surface area (Å²) in [6.07, 6.45) is 0. The number of rotatable bonds is 11. The van der Waals surface area contributed by atoms with Crippen LogP contribution in [0.25, 0.3) is 11.5 Å². The van der Waals surface area contributed by atoms with Crippen molar-refractivity contribution in [1.29, 1.82) is 0 Å². The lowest BCUT2D eigenvalue weighted by Crippen LogP contribution is -2.36. The second-order valence-corrected chi connectivity index (χ2v) is 9.54. The Kier molecular flexibility index (Phi) is 8.51. The first-order chi connectivity index (χ1) is 16.3. The number of aryl methyl sites for hydroxylation is 2. The predicted molar refractivity (Wildman–Crippen MR) is 126 cm³/mol. The minimum atomic E-state index is -3.78. The second kappa shape index (κ2) is 11.3. The van der Waals surface area contributed by atoms with Gasteiger partial charge in [0, 0.05) is 38.4 Å². The molecule has 34 heavy (non-hydrogen) atoms. The van der Waals surface area contributed by atoms with Crippen LogP contribution in [-0.4, -0.2) is 69.4 Å². The lowest BCUT2D eigenvalue weighted by atomic mass is 10.1. The number of hydrogen-bond acceptors (Lipinski definition) is 8. The third kappa shape index (κ3) is 6.06. The number of nitrogens with zero attached hydrogens (tertiary/aromatic N) is 3. The molecular weight excluding hydrogens is 460 g/mol. The first-order valence-electron chi connectivity index (χ1n) is 10.6. The number of anilines is 1. The highest BCUT2D eigenvalue weighted by Gasteiger charge is 2.24. The van der Waals surface area contributed by atoms with Crippen molar-refractivity contribution in [3.8, 4) is 11.5 Å². The summed E-state index contributed by atoms with van der Waals surface area (Å²) in [5.74, 6) is -0.211. The standard InChI is InChI=1S/C23H28N4O6S/c1-16-5-10-20(17(2)15-16)22-25-26-23(33-22)24-21(28)18-6-8-19(9-7-18)34(29,30)27(11-13-31-3)12-14-32-4/h5-10,15H,11-14H2,1-4H3,(H,24,26,28). The molecule has 3 rings (SSSR count). The molecule has 0 aliphatic carbocycles. The number of hydrogen-bond donors (Lipinski definition) is 1. The van der Waals surface area contributed by atoms with Crippen LogP contribution >= 0.6 is 0 Å². The van der Waals surface area contributed by atoms with Crippen LogP contribution < -0.4 is 5.32 Å². The van der Waals surface area contributed by atoms with Crippen molar-refractivity contribution in [1.82, 2.24) is 14.5 Å². The summed E-state index contributed by atoms with van der Waals surface area (Å²) in [7, 11) is -0.775. The lowest BCUT2D eigenvalue weighted by Gasteiger charge is -2.21. The van der Waals surface area contributed by atoms with E-state index >= 15 is 0 Å². The predicted octanol–water partition coefficient (Wildman–Crippen LogP) is 2.89. The van der Waals surface area contributed by atoms with Crippen LogP contribution in [0.4, 0.5) is 6.01 Å². The van der Waals surface area contributed by atoms with Gasteiger partial charge < -0.3 is 13.9 Å². The van der Waals surface area contributed by atoms with E-state index in [0.29, 0.717) is 5.89 Å². The van der Waals surface area contributed by atoms with Gasteiger partial charge in [-0.2, -0.15) is 4.31 Å². The van der Waals surface area contributed by atoms with Crippen molar-refractivity contribution in [3.63, 3.8) is 0 Å². The summed E-state index contributed by atoms with van der Waals surface area (Å²) in [5.41, 5.74) is 3.11. The third-order valence-electron chi connectivity index (χ3n) is 5.10. The van der Waals surface area contributed by atoms with Gasteiger partial charge in [-0.05, 0) is 49.7 Å². The molecule has 0 aliphatic rings. The van der Waals surface area contributed by atoms with E-state index in [-0.39, 0.29) is 42.8 Å². The van der Waals surface area contributed by atoms with Crippen molar-refractivity contribution >= 4 is 21.9 Å². The largest absolute Gasteiger partial charge is 0.403 e. The monoisotopic (exact) mass is 488 g/mol. The van der Waals surface area contributed by atoms with Gasteiger partial charge in [0.15, 0.2) is 0 Å². The first-order valence-corrected chi connectivity index (χ1v) is 12.0. The summed E-state index contributed by atoms with van der Waals surface area (Å²) < 4.78 is 42.9. The van der Waals surface area contributed by atoms with E-state index in [9.17, 15) is 13.2 Å². The average molecular weight is 489 g/mol. The van der Waals surface area contributed by atoms with E-state index in [1.807, 2.05) is 32.0 Å². The van der Waals surface area contributed by atoms with Gasteiger partial charge in [0.25, 0.3) is 5.91 Å². The maximum atomic E-state index is 13.0. The van der Waals surface area contributed by atoms with Gasteiger partial charge in [0.05, 0.1) is 18.1 Å². The summed E-state index contributed by atoms with van der Waals surface area (Å²) in [4.78, 5) is 12.7. The molecule has 1 heterocycles. The molecule has 0 saturated heterocycles. The number of ether oxygens (including phenoxy) is 2. The van der Waals surface area contributed by atoms with Crippen LogP contribution in [0.5, 0.6) is 0 Å². The smallest absolute Gasteiger partial charge is 0.322 e. The van der Waals surface area contributed by atoms with Gasteiger partial charge in [-0.3, -0.25) is 10.1 Å². The summed E-state index contributed by atoms with van der Waals surface area (Å²) in [6.45, 7) is 4.79. The van der Waals surface area contributed by atoms with Gasteiger partial charge in [-0.15, -0.1) is 5.10 Å². The molecule has 0 fully saturated rings. The molecular formula is C23H28N4O6S. The molecule has 2 aromatic carbocycles. The highest BCUT2D eigenvalue weighted by Crippen LogP contribution is 2.24. The Labute approximate surface area is 198 Å². The van der Waals surface area contributed by atoms with Gasteiger partial charge in [-0.1, -0.05) is 22.8 Å². The lowest BCUT2D eigenvalue weighted by molar-refractivity contribution is 0.102. The Bertz CT molecular complexity index is 1220. The molecule has 1 amide bonds. The number of aromatic nitrogens is 2. The fraction of sp³-hybridized carbons (Fsp3) is 0.348. The molecule has 0 atom stereocenters.